The zero-order valence-corrected chi connectivity index (χ0v) is 13.5. The Kier molecular flexibility index (Phi) is 5.41. The number of hydrogen-bond acceptors (Lipinski definition) is 5. The normalized spacial score (nSPS) is 12.7. The number of carbonyl (C=O) groups is 2. The van der Waals surface area contributed by atoms with Crippen molar-refractivity contribution < 1.29 is 14.3 Å². The number of alkyl carbamates (subject to hydrolysis) is 1. The first-order chi connectivity index (χ1) is 9.58. The maximum absolute atomic E-state index is 11.8. The Balaban J connectivity index is 2.76. The molecule has 1 atom stereocenters. The van der Waals surface area contributed by atoms with Crippen molar-refractivity contribution in [2.75, 3.05) is 0 Å². The predicted octanol–water partition coefficient (Wildman–Crippen LogP) is 2.12. The molecule has 0 fully saturated rings. The molecule has 0 radical (unpaired) electrons. The topological polar surface area (TPSA) is 81.2 Å². The highest BCUT2D eigenvalue weighted by Crippen LogP contribution is 2.08. The molecule has 1 aromatic rings. The molecule has 0 saturated heterocycles. The first kappa shape index (κ1) is 17.1. The zero-order valence-electron chi connectivity index (χ0n) is 13.5. The van der Waals surface area contributed by atoms with Crippen LogP contribution in [-0.2, 0) is 16.0 Å². The van der Waals surface area contributed by atoms with Crippen LogP contribution in [0.1, 0.15) is 44.8 Å². The fourth-order valence-corrected chi connectivity index (χ4v) is 1.64. The van der Waals surface area contributed by atoms with E-state index in [4.69, 9.17) is 4.74 Å². The van der Waals surface area contributed by atoms with Crippen LogP contribution in [0.4, 0.5) is 4.79 Å². The molecular weight excluding hydrogens is 270 g/mol. The van der Waals surface area contributed by atoms with E-state index in [-0.39, 0.29) is 5.78 Å². The largest absolute Gasteiger partial charge is 0.444 e. The SMILES string of the molecule is CC(=O)[C@H](Cc1cnc(C)c(C)n1)NC(=O)OC(C)(C)C. The molecule has 1 aromatic heterocycles. The van der Waals surface area contributed by atoms with E-state index >= 15 is 0 Å². The Morgan fingerprint density at radius 3 is 2.38 bits per heavy atom. The summed E-state index contributed by atoms with van der Waals surface area (Å²) in [5, 5.41) is 2.58. The first-order valence-electron chi connectivity index (χ1n) is 6.87. The van der Waals surface area contributed by atoms with Crippen LogP contribution in [0.15, 0.2) is 6.20 Å². The van der Waals surface area contributed by atoms with E-state index < -0.39 is 17.7 Å². The number of nitrogens with zero attached hydrogens (tertiary/aromatic N) is 2. The van der Waals surface area contributed by atoms with E-state index in [1.54, 1.807) is 27.0 Å². The number of aryl methyl sites for hydroxylation is 2. The van der Waals surface area contributed by atoms with Crippen LogP contribution in [0, 0.1) is 13.8 Å². The second-order valence-corrected chi connectivity index (χ2v) is 6.05. The van der Waals surface area contributed by atoms with Crippen molar-refractivity contribution in [2.45, 2.75) is 59.6 Å². The third-order valence-electron chi connectivity index (χ3n) is 2.84. The average Bonchev–Trinajstić information content (AvgIpc) is 2.30. The third-order valence-corrected chi connectivity index (χ3v) is 2.84. The van der Waals surface area contributed by atoms with E-state index in [1.165, 1.54) is 6.92 Å². The van der Waals surface area contributed by atoms with Gasteiger partial charge in [0.2, 0.25) is 0 Å². The van der Waals surface area contributed by atoms with Crippen molar-refractivity contribution in [2.24, 2.45) is 0 Å². The van der Waals surface area contributed by atoms with Gasteiger partial charge in [0.1, 0.15) is 5.60 Å². The minimum absolute atomic E-state index is 0.152. The van der Waals surface area contributed by atoms with Gasteiger partial charge in [-0.3, -0.25) is 14.8 Å². The summed E-state index contributed by atoms with van der Waals surface area (Å²) in [6, 6.07) is -0.670. The zero-order chi connectivity index (χ0) is 16.2. The lowest BCUT2D eigenvalue weighted by atomic mass is 10.1. The molecule has 0 spiro atoms. The molecule has 0 unspecified atom stereocenters. The summed E-state index contributed by atoms with van der Waals surface area (Å²) in [5.41, 5.74) is 1.71. The van der Waals surface area contributed by atoms with Crippen molar-refractivity contribution in [3.8, 4) is 0 Å². The summed E-state index contributed by atoms with van der Waals surface area (Å²) in [7, 11) is 0. The maximum Gasteiger partial charge on any atom is 0.408 e. The number of Topliss-reactive ketones (excluding diaryl/α,β-unsaturated/α-hetero) is 1. The van der Waals surface area contributed by atoms with Gasteiger partial charge >= 0.3 is 6.09 Å². The fourth-order valence-electron chi connectivity index (χ4n) is 1.64. The smallest absolute Gasteiger partial charge is 0.408 e. The van der Waals surface area contributed by atoms with Crippen molar-refractivity contribution in [3.05, 3.63) is 23.3 Å². The minimum atomic E-state index is -0.670. The lowest BCUT2D eigenvalue weighted by molar-refractivity contribution is -0.119. The quantitative estimate of drug-likeness (QED) is 0.919. The Labute approximate surface area is 125 Å². The Hall–Kier alpha value is -1.98. The Morgan fingerprint density at radius 2 is 1.90 bits per heavy atom. The number of rotatable bonds is 4. The van der Waals surface area contributed by atoms with Gasteiger partial charge in [-0.1, -0.05) is 0 Å². The predicted molar refractivity (Wildman–Crippen MR) is 79.0 cm³/mol. The Bertz CT molecular complexity index is 535. The van der Waals surface area contributed by atoms with Gasteiger partial charge < -0.3 is 10.1 Å². The monoisotopic (exact) mass is 293 g/mol. The first-order valence-corrected chi connectivity index (χ1v) is 6.87. The molecule has 0 saturated carbocycles. The fraction of sp³-hybridized carbons (Fsp3) is 0.600. The van der Waals surface area contributed by atoms with Gasteiger partial charge in [-0.15, -0.1) is 0 Å². The molecule has 21 heavy (non-hydrogen) atoms. The van der Waals surface area contributed by atoms with Gasteiger partial charge in [-0.05, 0) is 41.5 Å². The van der Waals surface area contributed by atoms with Gasteiger partial charge in [0.05, 0.1) is 23.1 Å². The van der Waals surface area contributed by atoms with Crippen molar-refractivity contribution in [1.29, 1.82) is 0 Å². The van der Waals surface area contributed by atoms with E-state index in [0.29, 0.717) is 12.1 Å². The summed E-state index contributed by atoms with van der Waals surface area (Å²) in [6.07, 6.45) is 1.30. The van der Waals surface area contributed by atoms with Crippen LogP contribution in [0.2, 0.25) is 0 Å². The number of nitrogens with one attached hydrogen (secondary N) is 1. The molecule has 0 aliphatic heterocycles. The minimum Gasteiger partial charge on any atom is -0.444 e. The number of aromatic nitrogens is 2. The van der Waals surface area contributed by atoms with E-state index in [1.807, 2.05) is 13.8 Å². The average molecular weight is 293 g/mol. The van der Waals surface area contributed by atoms with E-state index in [0.717, 1.165) is 11.4 Å². The van der Waals surface area contributed by atoms with Crippen LogP contribution < -0.4 is 5.32 Å². The molecule has 1 heterocycles. The second-order valence-electron chi connectivity index (χ2n) is 6.05. The highest BCUT2D eigenvalue weighted by Gasteiger charge is 2.22. The number of hydrogen-bond donors (Lipinski definition) is 1. The van der Waals surface area contributed by atoms with E-state index in [9.17, 15) is 9.59 Å². The van der Waals surface area contributed by atoms with Crippen LogP contribution >= 0.6 is 0 Å². The highest BCUT2D eigenvalue weighted by molar-refractivity contribution is 5.85. The van der Waals surface area contributed by atoms with Gasteiger partial charge in [-0.25, -0.2) is 4.79 Å². The molecule has 6 heteroatoms. The standard InChI is InChI=1S/C15H23N3O3/c1-9-10(2)17-12(8-16-9)7-13(11(3)19)18-14(20)21-15(4,5)6/h8,13H,7H2,1-6H3,(H,18,20)/t13-/m0/s1. The molecule has 6 nitrogen and oxygen atoms in total. The van der Waals surface area contributed by atoms with Crippen LogP contribution in [-0.4, -0.2) is 33.5 Å². The molecular formula is C15H23N3O3. The summed E-state index contributed by atoms with van der Waals surface area (Å²) in [4.78, 5) is 32.0. The summed E-state index contributed by atoms with van der Waals surface area (Å²) >= 11 is 0. The van der Waals surface area contributed by atoms with Gasteiger partial charge in [0.25, 0.3) is 0 Å². The molecule has 1 amide bonds. The number of ketones is 1. The Morgan fingerprint density at radius 1 is 1.29 bits per heavy atom. The van der Waals surface area contributed by atoms with Crippen molar-refractivity contribution >= 4 is 11.9 Å². The van der Waals surface area contributed by atoms with Gasteiger partial charge in [0.15, 0.2) is 5.78 Å². The summed E-state index contributed by atoms with van der Waals surface area (Å²) in [5.74, 6) is -0.152. The van der Waals surface area contributed by atoms with Crippen molar-refractivity contribution in [3.63, 3.8) is 0 Å². The van der Waals surface area contributed by atoms with E-state index in [2.05, 4.69) is 15.3 Å². The van der Waals surface area contributed by atoms with Crippen LogP contribution in [0.25, 0.3) is 0 Å². The number of amides is 1. The highest BCUT2D eigenvalue weighted by atomic mass is 16.6. The molecule has 0 aromatic carbocycles. The van der Waals surface area contributed by atoms with Crippen LogP contribution in [0.3, 0.4) is 0 Å². The van der Waals surface area contributed by atoms with Crippen molar-refractivity contribution in [1.82, 2.24) is 15.3 Å². The molecule has 1 rings (SSSR count). The molecule has 116 valence electrons. The second kappa shape index (κ2) is 6.65. The van der Waals surface area contributed by atoms with Gasteiger partial charge in [0, 0.05) is 12.6 Å². The summed E-state index contributed by atoms with van der Waals surface area (Å²) < 4.78 is 5.16. The summed E-state index contributed by atoms with van der Waals surface area (Å²) in [6.45, 7) is 10.5. The maximum atomic E-state index is 11.8. The molecule has 0 bridgehead atoms. The lowest BCUT2D eigenvalue weighted by Gasteiger charge is -2.22. The lowest BCUT2D eigenvalue weighted by Crippen LogP contribution is -2.44. The molecule has 0 aliphatic carbocycles. The third kappa shape index (κ3) is 5.89. The molecule has 1 N–H and O–H groups in total. The van der Waals surface area contributed by atoms with Gasteiger partial charge in [-0.2, -0.15) is 0 Å². The number of carbonyl (C=O) groups excluding carboxylic acids is 2. The molecule has 0 aliphatic rings. The number of ether oxygens (including phenoxy) is 1. The van der Waals surface area contributed by atoms with Crippen LogP contribution in [0.5, 0.6) is 0 Å².